The number of anilines is 1. The van der Waals surface area contributed by atoms with Gasteiger partial charge in [0.2, 0.25) is 0 Å². The normalized spacial score (nSPS) is 12.0. The molecule has 0 aliphatic carbocycles. The molecule has 0 unspecified atom stereocenters. The highest BCUT2D eigenvalue weighted by Gasteiger charge is 2.33. The molecule has 0 aliphatic rings. The topological polar surface area (TPSA) is 42.2 Å². The third-order valence-electron chi connectivity index (χ3n) is 2.83. The van der Waals surface area contributed by atoms with Crippen LogP contribution in [-0.2, 0) is 12.7 Å². The van der Waals surface area contributed by atoms with Crippen molar-refractivity contribution in [1.29, 1.82) is 0 Å². The van der Waals surface area contributed by atoms with Crippen molar-refractivity contribution in [3.63, 3.8) is 0 Å². The number of halogens is 3. The van der Waals surface area contributed by atoms with E-state index in [0.29, 0.717) is 17.9 Å². The molecule has 0 saturated carbocycles. The third kappa shape index (κ3) is 3.83. The quantitative estimate of drug-likeness (QED) is 0.897. The van der Waals surface area contributed by atoms with Crippen LogP contribution < -0.4 is 10.6 Å². The molecule has 0 saturated heterocycles. The first-order chi connectivity index (χ1) is 8.81. The maximum absolute atomic E-state index is 12.7. The minimum atomic E-state index is -4.43. The fraction of sp³-hybridized carbons (Fsp3) is 0.615. The van der Waals surface area contributed by atoms with Crippen LogP contribution in [0.4, 0.5) is 19.0 Å². The van der Waals surface area contributed by atoms with Gasteiger partial charge in [0.25, 0.3) is 0 Å². The summed E-state index contributed by atoms with van der Waals surface area (Å²) in [5.74, 6) is 0.342. The lowest BCUT2D eigenvalue weighted by Crippen LogP contribution is -2.34. The smallest absolute Gasteiger partial charge is 0.354 e. The molecule has 0 atom stereocenters. The van der Waals surface area contributed by atoms with Crippen LogP contribution >= 0.6 is 0 Å². The second-order valence-electron chi connectivity index (χ2n) is 4.67. The fourth-order valence-electron chi connectivity index (χ4n) is 1.89. The van der Waals surface area contributed by atoms with E-state index in [9.17, 15) is 13.2 Å². The van der Waals surface area contributed by atoms with Crippen molar-refractivity contribution < 1.29 is 13.2 Å². The summed E-state index contributed by atoms with van der Waals surface area (Å²) >= 11 is 0. The highest BCUT2D eigenvalue weighted by molar-refractivity contribution is 5.49. The van der Waals surface area contributed by atoms with Crippen LogP contribution in [0.25, 0.3) is 0 Å². The van der Waals surface area contributed by atoms with Gasteiger partial charge in [-0.05, 0) is 26.3 Å². The number of pyridine rings is 1. The van der Waals surface area contributed by atoms with E-state index in [0.717, 1.165) is 12.5 Å². The lowest BCUT2D eigenvalue weighted by molar-refractivity contribution is -0.141. The second kappa shape index (κ2) is 6.23. The Labute approximate surface area is 111 Å². The summed E-state index contributed by atoms with van der Waals surface area (Å²) < 4.78 is 38.2. The molecule has 1 aromatic heterocycles. The number of hydrogen-bond donors (Lipinski definition) is 1. The molecule has 1 rings (SSSR count). The first kappa shape index (κ1) is 15.8. The van der Waals surface area contributed by atoms with Gasteiger partial charge >= 0.3 is 6.18 Å². The first-order valence-corrected chi connectivity index (χ1v) is 6.35. The molecule has 0 fully saturated rings. The van der Waals surface area contributed by atoms with Gasteiger partial charge in [-0.1, -0.05) is 13.0 Å². The van der Waals surface area contributed by atoms with Gasteiger partial charge in [-0.15, -0.1) is 0 Å². The van der Waals surface area contributed by atoms with Crippen LogP contribution in [0.5, 0.6) is 0 Å². The van der Waals surface area contributed by atoms with Gasteiger partial charge in [-0.25, -0.2) is 4.98 Å². The van der Waals surface area contributed by atoms with E-state index in [1.165, 1.54) is 6.07 Å². The molecule has 3 nitrogen and oxygen atoms in total. The highest BCUT2D eigenvalue weighted by Crippen LogP contribution is 2.31. The Balaban J connectivity index is 3.28. The number of alkyl halides is 3. The molecule has 0 aromatic carbocycles. The van der Waals surface area contributed by atoms with E-state index in [2.05, 4.69) is 4.98 Å². The second-order valence-corrected chi connectivity index (χ2v) is 4.67. The first-order valence-electron chi connectivity index (χ1n) is 6.35. The summed E-state index contributed by atoms with van der Waals surface area (Å²) in [5.41, 5.74) is 5.36. The van der Waals surface area contributed by atoms with Crippen LogP contribution in [0.3, 0.4) is 0 Å². The molecule has 0 radical (unpaired) electrons. The lowest BCUT2D eigenvalue weighted by atomic mass is 10.2. The Bertz CT molecular complexity index is 416. The van der Waals surface area contributed by atoms with Crippen molar-refractivity contribution in [2.75, 3.05) is 11.4 Å². The number of hydrogen-bond acceptors (Lipinski definition) is 3. The molecular formula is C13H20F3N3. The average molecular weight is 275 g/mol. The van der Waals surface area contributed by atoms with Crippen molar-refractivity contribution >= 4 is 5.82 Å². The van der Waals surface area contributed by atoms with E-state index >= 15 is 0 Å². The number of nitrogens with two attached hydrogens (primary N) is 1. The van der Waals surface area contributed by atoms with Crippen LogP contribution in [0.1, 0.15) is 38.4 Å². The van der Waals surface area contributed by atoms with Crippen molar-refractivity contribution in [2.45, 2.75) is 46.0 Å². The summed E-state index contributed by atoms with van der Waals surface area (Å²) in [7, 11) is 0. The Hall–Kier alpha value is -1.30. The fourth-order valence-corrected chi connectivity index (χ4v) is 1.89. The minimum Gasteiger partial charge on any atom is -0.354 e. The maximum Gasteiger partial charge on any atom is 0.433 e. The molecule has 0 spiro atoms. The Morgan fingerprint density at radius 1 is 1.32 bits per heavy atom. The van der Waals surface area contributed by atoms with Gasteiger partial charge in [-0.2, -0.15) is 13.2 Å². The minimum absolute atomic E-state index is 0.0706. The van der Waals surface area contributed by atoms with Crippen LogP contribution in [0.2, 0.25) is 0 Å². The van der Waals surface area contributed by atoms with Gasteiger partial charge in [-0.3, -0.25) is 0 Å². The molecule has 2 N–H and O–H groups in total. The van der Waals surface area contributed by atoms with E-state index < -0.39 is 11.9 Å². The summed E-state index contributed by atoms with van der Waals surface area (Å²) in [6.07, 6.45) is -3.60. The van der Waals surface area contributed by atoms with E-state index in [-0.39, 0.29) is 12.6 Å². The van der Waals surface area contributed by atoms with E-state index in [1.54, 1.807) is 0 Å². The standard InChI is InChI=1S/C13H20F3N3/c1-4-7-19(9(2)3)12-10(8-17)5-6-11(18-12)13(14,15)16/h5-6,9H,4,7-8,17H2,1-3H3. The van der Waals surface area contributed by atoms with Gasteiger partial charge in [0.15, 0.2) is 0 Å². The number of nitrogens with zero attached hydrogens (tertiary/aromatic N) is 2. The molecule has 6 heteroatoms. The van der Waals surface area contributed by atoms with Gasteiger partial charge < -0.3 is 10.6 Å². The lowest BCUT2D eigenvalue weighted by Gasteiger charge is -2.29. The van der Waals surface area contributed by atoms with E-state index in [1.807, 2.05) is 25.7 Å². The molecular weight excluding hydrogens is 255 g/mol. The summed E-state index contributed by atoms with van der Waals surface area (Å²) in [5, 5.41) is 0. The van der Waals surface area contributed by atoms with E-state index in [4.69, 9.17) is 5.73 Å². The molecule has 0 amide bonds. The Morgan fingerprint density at radius 3 is 2.37 bits per heavy atom. The van der Waals surface area contributed by atoms with Crippen LogP contribution in [-0.4, -0.2) is 17.6 Å². The molecule has 108 valence electrons. The van der Waals surface area contributed by atoms with Crippen LogP contribution in [0, 0.1) is 0 Å². The SMILES string of the molecule is CCCN(c1nc(C(F)(F)F)ccc1CN)C(C)C. The predicted octanol–water partition coefficient (Wildman–Crippen LogP) is 3.18. The zero-order valence-electron chi connectivity index (χ0n) is 11.5. The average Bonchev–Trinajstić information content (AvgIpc) is 2.33. The Kier molecular flexibility index (Phi) is 5.17. The summed E-state index contributed by atoms with van der Waals surface area (Å²) in [6, 6.07) is 2.47. The van der Waals surface area contributed by atoms with Crippen molar-refractivity contribution in [3.8, 4) is 0 Å². The number of rotatable bonds is 5. The molecule has 0 aliphatic heterocycles. The van der Waals surface area contributed by atoms with Gasteiger partial charge in [0.05, 0.1) is 0 Å². The van der Waals surface area contributed by atoms with Crippen molar-refractivity contribution in [2.24, 2.45) is 5.73 Å². The van der Waals surface area contributed by atoms with Gasteiger partial charge in [0, 0.05) is 24.7 Å². The summed E-state index contributed by atoms with van der Waals surface area (Å²) in [4.78, 5) is 5.63. The largest absolute Gasteiger partial charge is 0.433 e. The molecule has 0 bridgehead atoms. The van der Waals surface area contributed by atoms with Crippen molar-refractivity contribution in [1.82, 2.24) is 4.98 Å². The Morgan fingerprint density at radius 2 is 1.95 bits per heavy atom. The predicted molar refractivity (Wildman–Crippen MR) is 69.9 cm³/mol. The maximum atomic E-state index is 12.7. The number of aromatic nitrogens is 1. The monoisotopic (exact) mass is 275 g/mol. The molecule has 1 heterocycles. The highest BCUT2D eigenvalue weighted by atomic mass is 19.4. The zero-order valence-corrected chi connectivity index (χ0v) is 11.5. The molecule has 19 heavy (non-hydrogen) atoms. The zero-order chi connectivity index (χ0) is 14.6. The third-order valence-corrected chi connectivity index (χ3v) is 2.83. The molecule has 1 aromatic rings. The van der Waals surface area contributed by atoms with Crippen LogP contribution in [0.15, 0.2) is 12.1 Å². The summed E-state index contributed by atoms with van der Waals surface area (Å²) in [6.45, 7) is 6.66. The van der Waals surface area contributed by atoms with Gasteiger partial charge in [0.1, 0.15) is 11.5 Å². The van der Waals surface area contributed by atoms with Crippen molar-refractivity contribution in [3.05, 3.63) is 23.4 Å².